The lowest BCUT2D eigenvalue weighted by atomic mass is 9.93. The van der Waals surface area contributed by atoms with Gasteiger partial charge in [-0.15, -0.1) is 0 Å². The average Bonchev–Trinajstić information content (AvgIpc) is 3.38. The molecule has 0 bridgehead atoms. The summed E-state index contributed by atoms with van der Waals surface area (Å²) in [6.07, 6.45) is 0.904. The van der Waals surface area contributed by atoms with Crippen molar-refractivity contribution >= 4 is 50.0 Å². The van der Waals surface area contributed by atoms with Gasteiger partial charge in [-0.05, 0) is 64.1 Å². The van der Waals surface area contributed by atoms with Crippen LogP contribution >= 0.6 is 0 Å². The van der Waals surface area contributed by atoms with Crippen LogP contribution in [0.3, 0.4) is 0 Å². The third-order valence-electron chi connectivity index (χ3n) is 8.87. The number of phenols is 5. The van der Waals surface area contributed by atoms with Gasteiger partial charge in [0.05, 0.1) is 27.5 Å². The predicted octanol–water partition coefficient (Wildman–Crippen LogP) is 5.57. The van der Waals surface area contributed by atoms with E-state index in [2.05, 4.69) is 0 Å². The molecule has 6 N–H and O–H groups in total. The van der Waals surface area contributed by atoms with Gasteiger partial charge in [0, 0.05) is 12.1 Å². The van der Waals surface area contributed by atoms with Gasteiger partial charge in [-0.2, -0.15) is 0 Å². The van der Waals surface area contributed by atoms with Crippen molar-refractivity contribution in [3.8, 4) is 46.0 Å². The first-order valence-electron chi connectivity index (χ1n) is 15.2. The van der Waals surface area contributed by atoms with E-state index in [1.54, 1.807) is 12.2 Å². The summed E-state index contributed by atoms with van der Waals surface area (Å²) in [4.78, 5) is 27.2. The number of aliphatic hydroxyl groups is 1. The Morgan fingerprint density at radius 1 is 0.755 bits per heavy atom. The first-order chi connectivity index (χ1) is 23.1. The van der Waals surface area contributed by atoms with Crippen LogP contribution in [0.25, 0.3) is 50.0 Å². The molecule has 0 saturated carbocycles. The second-order valence-corrected chi connectivity index (χ2v) is 13.3. The number of hydrogen-bond acceptors (Lipinski definition) is 13. The molecule has 2 aliphatic heterocycles. The molecule has 2 atom stereocenters. The largest absolute Gasteiger partial charge is 0.507 e. The normalized spacial score (nSPS) is 18.1. The number of fused-ring (bicyclic) bond motifs is 8. The summed E-state index contributed by atoms with van der Waals surface area (Å²) >= 11 is 0. The van der Waals surface area contributed by atoms with E-state index in [9.17, 15) is 40.2 Å². The fourth-order valence-electron chi connectivity index (χ4n) is 6.50. The van der Waals surface area contributed by atoms with Crippen molar-refractivity contribution in [3.63, 3.8) is 0 Å². The van der Waals surface area contributed by atoms with Crippen LogP contribution in [0.5, 0.6) is 46.0 Å². The van der Waals surface area contributed by atoms with Crippen molar-refractivity contribution < 1.29 is 53.7 Å². The fraction of sp³-hybridized carbons (Fsp3) is 0.222. The maximum atomic E-state index is 13.7. The minimum absolute atomic E-state index is 0.0288. The van der Waals surface area contributed by atoms with Crippen LogP contribution in [0.2, 0.25) is 0 Å². The van der Waals surface area contributed by atoms with Crippen molar-refractivity contribution in [2.24, 2.45) is 0 Å². The number of benzene rings is 4. The van der Waals surface area contributed by atoms with E-state index in [1.807, 2.05) is 13.8 Å². The summed E-state index contributed by atoms with van der Waals surface area (Å²) in [7, 11) is 0. The van der Waals surface area contributed by atoms with Crippen LogP contribution in [0.15, 0.2) is 60.9 Å². The smallest absolute Gasteiger partial charge is 0.204 e. The highest BCUT2D eigenvalue weighted by molar-refractivity contribution is 6.01. The Labute approximate surface area is 274 Å². The Morgan fingerprint density at radius 3 is 2.02 bits per heavy atom. The van der Waals surface area contributed by atoms with Crippen molar-refractivity contribution in [2.45, 2.75) is 51.1 Å². The van der Waals surface area contributed by atoms with Crippen LogP contribution in [0, 0.1) is 0 Å². The molecule has 6 aromatic rings. The van der Waals surface area contributed by atoms with Gasteiger partial charge in [0.1, 0.15) is 39.4 Å². The summed E-state index contributed by atoms with van der Waals surface area (Å²) in [6, 6.07) is 7.47. The molecule has 0 spiro atoms. The quantitative estimate of drug-likeness (QED) is 0.101. The Morgan fingerprint density at radius 2 is 1.35 bits per heavy atom. The molecule has 0 saturated heterocycles. The van der Waals surface area contributed by atoms with E-state index in [-0.39, 0.29) is 72.4 Å². The Kier molecular flexibility index (Phi) is 6.01. The summed E-state index contributed by atoms with van der Waals surface area (Å²) in [5, 5.41) is 64.5. The molecule has 4 aromatic carbocycles. The van der Waals surface area contributed by atoms with Gasteiger partial charge in [-0.1, -0.05) is 0 Å². The summed E-state index contributed by atoms with van der Waals surface area (Å²) in [5.41, 5.74) is -4.20. The lowest BCUT2D eigenvalue weighted by Crippen LogP contribution is -2.43. The van der Waals surface area contributed by atoms with Crippen molar-refractivity contribution in [1.29, 1.82) is 0 Å². The number of phenolic OH excluding ortho intramolecular Hbond substituents is 5. The minimum atomic E-state index is -1.63. The van der Waals surface area contributed by atoms with E-state index in [4.69, 9.17) is 23.0 Å². The van der Waals surface area contributed by atoms with Crippen molar-refractivity contribution in [3.05, 3.63) is 74.0 Å². The highest BCUT2D eigenvalue weighted by Crippen LogP contribution is 2.51. The SMILES string of the molecule is CC1(C)C=Cc2c(cc(O)c3c(=O)c4ccc(OC5c6c(cc(O)c7c(=O)c8ccc(O)c(O)c8oc67)O[C@@H]5C(C)(C)O)c(O)c4oc23)O1. The van der Waals surface area contributed by atoms with Gasteiger partial charge < -0.3 is 53.7 Å². The van der Waals surface area contributed by atoms with E-state index < -0.39 is 57.3 Å². The van der Waals surface area contributed by atoms with Crippen LogP contribution < -0.4 is 25.1 Å². The molecule has 0 aliphatic carbocycles. The molecule has 250 valence electrons. The van der Waals surface area contributed by atoms with Crippen LogP contribution in [0.4, 0.5) is 0 Å². The van der Waals surface area contributed by atoms with Gasteiger partial charge in [-0.3, -0.25) is 9.59 Å². The third kappa shape index (κ3) is 4.28. The Hall–Kier alpha value is -6.08. The molecular formula is C36H28O13. The van der Waals surface area contributed by atoms with E-state index in [1.165, 1.54) is 44.2 Å². The second kappa shape index (κ2) is 9.73. The first-order valence-corrected chi connectivity index (χ1v) is 15.2. The molecule has 8 rings (SSSR count). The first kappa shape index (κ1) is 30.3. The molecular weight excluding hydrogens is 640 g/mol. The summed E-state index contributed by atoms with van der Waals surface area (Å²) < 4.78 is 30.4. The lowest BCUT2D eigenvalue weighted by Gasteiger charge is -2.30. The molecule has 49 heavy (non-hydrogen) atoms. The van der Waals surface area contributed by atoms with Gasteiger partial charge in [0.15, 0.2) is 46.0 Å². The standard InChI is InChI=1S/C36H28O13/c1-35(2)10-9-13-20(49-35)11-17(38)22-25(40)15-6-8-19(28(43)31(15)47-29(13)22)45-33-24-21(46-34(33)36(3,4)44)12-18(39)23-26(41)14-5-7-16(37)27(42)30(14)48-32(23)24/h5-12,33-34,37-39,42-44H,1-4H3/t33?,34-/m0/s1. The number of aromatic hydroxyl groups is 5. The van der Waals surface area contributed by atoms with Gasteiger partial charge in [0.25, 0.3) is 0 Å². The predicted molar refractivity (Wildman–Crippen MR) is 176 cm³/mol. The van der Waals surface area contributed by atoms with E-state index in [0.717, 1.165) is 6.07 Å². The molecule has 0 fully saturated rings. The second-order valence-electron chi connectivity index (χ2n) is 13.3. The number of ether oxygens (including phenoxy) is 3. The van der Waals surface area contributed by atoms with Gasteiger partial charge in [0.2, 0.25) is 22.4 Å². The zero-order chi connectivity index (χ0) is 34.9. The third-order valence-corrected chi connectivity index (χ3v) is 8.87. The maximum absolute atomic E-state index is 13.7. The topological polar surface area (TPSA) is 209 Å². The Bertz CT molecular complexity index is 2600. The van der Waals surface area contributed by atoms with E-state index in [0.29, 0.717) is 5.56 Å². The lowest BCUT2D eigenvalue weighted by molar-refractivity contribution is -0.0693. The zero-order valence-corrected chi connectivity index (χ0v) is 26.3. The highest BCUT2D eigenvalue weighted by atomic mass is 16.6. The molecule has 0 amide bonds. The summed E-state index contributed by atoms with van der Waals surface area (Å²) in [6.45, 7) is 6.51. The monoisotopic (exact) mass is 668 g/mol. The number of hydrogen-bond donors (Lipinski definition) is 6. The molecule has 0 radical (unpaired) electrons. The van der Waals surface area contributed by atoms with Crippen LogP contribution in [-0.4, -0.2) is 47.9 Å². The highest BCUT2D eigenvalue weighted by Gasteiger charge is 2.48. The molecule has 2 aromatic heterocycles. The number of rotatable bonds is 3. The summed E-state index contributed by atoms with van der Waals surface area (Å²) in [5.74, 6) is -2.74. The molecule has 13 heteroatoms. The average molecular weight is 669 g/mol. The molecule has 13 nitrogen and oxygen atoms in total. The zero-order valence-electron chi connectivity index (χ0n) is 26.3. The fourth-order valence-corrected chi connectivity index (χ4v) is 6.50. The van der Waals surface area contributed by atoms with Gasteiger partial charge >= 0.3 is 0 Å². The Balaban J connectivity index is 1.35. The van der Waals surface area contributed by atoms with Gasteiger partial charge in [-0.25, -0.2) is 0 Å². The van der Waals surface area contributed by atoms with Crippen LogP contribution in [-0.2, 0) is 0 Å². The van der Waals surface area contributed by atoms with Crippen molar-refractivity contribution in [2.75, 3.05) is 0 Å². The van der Waals surface area contributed by atoms with Crippen LogP contribution in [0.1, 0.15) is 44.9 Å². The van der Waals surface area contributed by atoms with E-state index >= 15 is 0 Å². The molecule has 4 heterocycles. The molecule has 2 aliphatic rings. The molecule has 1 unspecified atom stereocenters. The maximum Gasteiger partial charge on any atom is 0.204 e. The minimum Gasteiger partial charge on any atom is -0.507 e. The van der Waals surface area contributed by atoms with Crippen molar-refractivity contribution in [1.82, 2.24) is 0 Å².